The smallest absolute Gasteiger partial charge is 0.207 e. The van der Waals surface area contributed by atoms with Gasteiger partial charge in [-0.2, -0.15) is 17.6 Å². The molecule has 0 nitrogen and oxygen atoms in total. The molecule has 0 aromatic heterocycles. The molecule has 0 spiro atoms. The Morgan fingerprint density at radius 3 is 1.54 bits per heavy atom. The van der Waals surface area contributed by atoms with E-state index in [-0.39, 0.29) is 6.92 Å². The molecule has 0 aromatic rings. The molecule has 0 atom stereocenters. The molecule has 0 rings (SSSR count). The first-order valence-corrected chi connectivity index (χ1v) is 3.44. The van der Waals surface area contributed by atoms with Crippen molar-refractivity contribution in [3.05, 3.63) is 6.92 Å². The summed E-state index contributed by atoms with van der Waals surface area (Å²) in [6.45, 7) is 2.75. The minimum Gasteiger partial charge on any atom is -0.207 e. The molecule has 0 saturated heterocycles. The Morgan fingerprint density at radius 2 is 1.31 bits per heavy atom. The Bertz CT molecular complexity index is 168. The van der Waals surface area contributed by atoms with E-state index < -0.39 is 30.6 Å². The molecule has 0 saturated carbocycles. The second-order valence-electron chi connectivity index (χ2n) is 2.91. The van der Waals surface area contributed by atoms with Crippen LogP contribution >= 0.6 is 0 Å². The fourth-order valence-electron chi connectivity index (χ4n) is 0.702. The standard InChI is InChI=1S/C7H9F6/c1-3-6(10,11)7(12,13)4-5(2,8)9/h1,3-4H2,2H3. The molecule has 0 aromatic carbocycles. The number of rotatable bonds is 4. The van der Waals surface area contributed by atoms with Crippen molar-refractivity contribution in [3.63, 3.8) is 0 Å². The summed E-state index contributed by atoms with van der Waals surface area (Å²) in [5.74, 6) is -13.0. The second-order valence-corrected chi connectivity index (χ2v) is 2.91. The van der Waals surface area contributed by atoms with Gasteiger partial charge in [0.1, 0.15) is 0 Å². The van der Waals surface area contributed by atoms with Gasteiger partial charge >= 0.3 is 11.8 Å². The molecular formula is C7H9F6. The molecule has 0 heterocycles. The van der Waals surface area contributed by atoms with Gasteiger partial charge in [-0.3, -0.25) is 0 Å². The minimum atomic E-state index is -4.72. The van der Waals surface area contributed by atoms with Crippen LogP contribution in [0.3, 0.4) is 0 Å². The van der Waals surface area contributed by atoms with E-state index in [9.17, 15) is 26.3 Å². The van der Waals surface area contributed by atoms with Crippen molar-refractivity contribution >= 4 is 0 Å². The minimum absolute atomic E-state index is 0.167. The summed E-state index contributed by atoms with van der Waals surface area (Å²) in [4.78, 5) is 0. The summed E-state index contributed by atoms with van der Waals surface area (Å²) in [7, 11) is 0. The first-order chi connectivity index (χ1) is 5.52. The zero-order chi connectivity index (χ0) is 10.9. The summed E-state index contributed by atoms with van der Waals surface area (Å²) < 4.78 is 73.6. The lowest BCUT2D eigenvalue weighted by Crippen LogP contribution is -2.43. The lowest BCUT2D eigenvalue weighted by Gasteiger charge is -2.27. The monoisotopic (exact) mass is 207 g/mol. The van der Waals surface area contributed by atoms with Crippen LogP contribution in [0, 0.1) is 6.92 Å². The Hall–Kier alpha value is -0.420. The highest BCUT2D eigenvalue weighted by atomic mass is 19.3. The quantitative estimate of drug-likeness (QED) is 0.618. The second kappa shape index (κ2) is 3.38. The number of alkyl halides is 6. The van der Waals surface area contributed by atoms with Crippen LogP contribution in [0.4, 0.5) is 26.3 Å². The van der Waals surface area contributed by atoms with Crippen LogP contribution in [0.25, 0.3) is 0 Å². The van der Waals surface area contributed by atoms with Crippen molar-refractivity contribution in [1.82, 2.24) is 0 Å². The van der Waals surface area contributed by atoms with Crippen LogP contribution < -0.4 is 0 Å². The van der Waals surface area contributed by atoms with Crippen LogP contribution in [-0.4, -0.2) is 17.8 Å². The van der Waals surface area contributed by atoms with E-state index in [1.165, 1.54) is 0 Å². The first kappa shape index (κ1) is 12.6. The number of halogens is 6. The molecule has 1 radical (unpaired) electrons. The van der Waals surface area contributed by atoms with Gasteiger partial charge in [-0.05, 0) is 13.8 Å². The SMILES string of the molecule is [CH2]CC(F)(F)C(F)(F)CC(C)(F)F. The molecule has 0 aliphatic rings. The predicted octanol–water partition coefficient (Wildman–Crippen LogP) is 3.53. The summed E-state index contributed by atoms with van der Waals surface area (Å²) in [6, 6.07) is 0. The molecule has 0 aliphatic heterocycles. The molecular weight excluding hydrogens is 198 g/mol. The van der Waals surface area contributed by atoms with Crippen molar-refractivity contribution in [3.8, 4) is 0 Å². The average molecular weight is 207 g/mol. The van der Waals surface area contributed by atoms with Crippen molar-refractivity contribution in [2.75, 3.05) is 0 Å². The molecule has 79 valence electrons. The Labute approximate surface area is 71.9 Å². The van der Waals surface area contributed by atoms with Gasteiger partial charge in [0.25, 0.3) is 5.92 Å². The highest BCUT2D eigenvalue weighted by molar-refractivity contribution is 4.88. The van der Waals surface area contributed by atoms with Crippen LogP contribution in [0.5, 0.6) is 0 Å². The van der Waals surface area contributed by atoms with Crippen molar-refractivity contribution in [1.29, 1.82) is 0 Å². The maximum atomic E-state index is 12.4. The first-order valence-electron chi connectivity index (χ1n) is 3.44. The Balaban J connectivity index is 4.58. The fraction of sp³-hybridized carbons (Fsp3) is 0.857. The van der Waals surface area contributed by atoms with Crippen LogP contribution in [-0.2, 0) is 0 Å². The Kier molecular flexibility index (Phi) is 3.27. The van der Waals surface area contributed by atoms with Crippen molar-refractivity contribution < 1.29 is 26.3 Å². The van der Waals surface area contributed by atoms with E-state index in [1.54, 1.807) is 0 Å². The van der Waals surface area contributed by atoms with E-state index in [1.807, 2.05) is 0 Å². The maximum Gasteiger partial charge on any atom is 0.315 e. The van der Waals surface area contributed by atoms with Gasteiger partial charge in [0.2, 0.25) is 0 Å². The Morgan fingerprint density at radius 1 is 0.923 bits per heavy atom. The van der Waals surface area contributed by atoms with E-state index in [2.05, 4.69) is 6.92 Å². The highest BCUT2D eigenvalue weighted by Gasteiger charge is 2.58. The lowest BCUT2D eigenvalue weighted by atomic mass is 10.0. The molecule has 0 bridgehead atoms. The van der Waals surface area contributed by atoms with E-state index in [0.717, 1.165) is 0 Å². The maximum absolute atomic E-state index is 12.4. The highest BCUT2D eigenvalue weighted by Crippen LogP contribution is 2.43. The molecule has 0 fully saturated rings. The normalized spacial score (nSPS) is 14.8. The lowest BCUT2D eigenvalue weighted by molar-refractivity contribution is -0.234. The molecule has 0 unspecified atom stereocenters. The third-order valence-corrected chi connectivity index (χ3v) is 1.38. The number of hydrogen-bond acceptors (Lipinski definition) is 0. The molecule has 0 N–H and O–H groups in total. The average Bonchev–Trinajstić information content (AvgIpc) is 1.81. The zero-order valence-corrected chi connectivity index (χ0v) is 6.89. The molecule has 0 amide bonds. The van der Waals surface area contributed by atoms with Gasteiger partial charge in [0, 0.05) is 6.42 Å². The molecule has 6 heteroatoms. The summed E-state index contributed by atoms with van der Waals surface area (Å²) in [6.07, 6.45) is -3.57. The van der Waals surface area contributed by atoms with Gasteiger partial charge in [-0.15, -0.1) is 0 Å². The van der Waals surface area contributed by atoms with Crippen LogP contribution in [0.2, 0.25) is 0 Å². The van der Waals surface area contributed by atoms with Crippen LogP contribution in [0.15, 0.2) is 0 Å². The number of hydrogen-bond donors (Lipinski definition) is 0. The summed E-state index contributed by atoms with van der Waals surface area (Å²) in [5.41, 5.74) is 0. The van der Waals surface area contributed by atoms with E-state index in [0.29, 0.717) is 0 Å². The molecule has 0 aliphatic carbocycles. The van der Waals surface area contributed by atoms with Crippen molar-refractivity contribution in [2.24, 2.45) is 0 Å². The third kappa shape index (κ3) is 3.44. The molecule has 13 heavy (non-hydrogen) atoms. The van der Waals surface area contributed by atoms with Crippen LogP contribution in [0.1, 0.15) is 19.8 Å². The zero-order valence-electron chi connectivity index (χ0n) is 6.89. The van der Waals surface area contributed by atoms with Gasteiger partial charge in [-0.1, -0.05) is 0 Å². The van der Waals surface area contributed by atoms with E-state index in [4.69, 9.17) is 0 Å². The topological polar surface area (TPSA) is 0 Å². The van der Waals surface area contributed by atoms with Crippen molar-refractivity contribution in [2.45, 2.75) is 37.5 Å². The largest absolute Gasteiger partial charge is 0.315 e. The van der Waals surface area contributed by atoms with Gasteiger partial charge < -0.3 is 0 Å². The third-order valence-electron chi connectivity index (χ3n) is 1.38. The van der Waals surface area contributed by atoms with Gasteiger partial charge in [0.05, 0.1) is 6.42 Å². The van der Waals surface area contributed by atoms with E-state index >= 15 is 0 Å². The van der Waals surface area contributed by atoms with Gasteiger partial charge in [0.15, 0.2) is 0 Å². The summed E-state index contributed by atoms with van der Waals surface area (Å²) >= 11 is 0. The fourth-order valence-corrected chi connectivity index (χ4v) is 0.702. The van der Waals surface area contributed by atoms with Gasteiger partial charge in [-0.25, -0.2) is 8.78 Å². The summed E-state index contributed by atoms with van der Waals surface area (Å²) in [5, 5.41) is 0. The predicted molar refractivity (Wildman–Crippen MR) is 35.1 cm³/mol.